The zero-order chi connectivity index (χ0) is 20.1. The number of rotatable bonds is 7. The zero-order valence-corrected chi connectivity index (χ0v) is 16.2. The SMILES string of the molecule is CCOC(=O)c1c(NC(=O)c2c(OC)cccc2OC)sc(C(N)=O)c1C. The van der Waals surface area contributed by atoms with Gasteiger partial charge >= 0.3 is 5.97 Å². The number of hydrogen-bond donors (Lipinski definition) is 2. The van der Waals surface area contributed by atoms with E-state index < -0.39 is 17.8 Å². The molecule has 0 radical (unpaired) electrons. The Balaban J connectivity index is 2.51. The average Bonchev–Trinajstić information content (AvgIpc) is 2.97. The average molecular weight is 392 g/mol. The van der Waals surface area contributed by atoms with Crippen LogP contribution in [0.5, 0.6) is 11.5 Å². The van der Waals surface area contributed by atoms with Crippen molar-refractivity contribution in [3.05, 3.63) is 39.8 Å². The highest BCUT2D eigenvalue weighted by Gasteiger charge is 2.27. The predicted octanol–water partition coefficient (Wildman–Crippen LogP) is 2.60. The molecule has 1 aromatic carbocycles. The van der Waals surface area contributed by atoms with E-state index >= 15 is 0 Å². The molecule has 0 aliphatic heterocycles. The minimum Gasteiger partial charge on any atom is -0.496 e. The van der Waals surface area contributed by atoms with Gasteiger partial charge in [0.1, 0.15) is 22.1 Å². The minimum atomic E-state index is -0.696. The quantitative estimate of drug-likeness (QED) is 0.700. The second-order valence-corrected chi connectivity index (χ2v) is 6.36. The number of anilines is 1. The van der Waals surface area contributed by atoms with E-state index in [1.54, 1.807) is 32.0 Å². The van der Waals surface area contributed by atoms with Crippen LogP contribution in [0.2, 0.25) is 0 Å². The number of ether oxygens (including phenoxy) is 3. The van der Waals surface area contributed by atoms with Crippen molar-refractivity contribution >= 4 is 34.1 Å². The number of carbonyl (C=O) groups is 3. The largest absolute Gasteiger partial charge is 0.496 e. The Kier molecular flexibility index (Phi) is 6.40. The molecule has 2 amide bonds. The highest BCUT2D eigenvalue weighted by molar-refractivity contribution is 7.18. The van der Waals surface area contributed by atoms with Crippen molar-refractivity contribution in [3.63, 3.8) is 0 Å². The summed E-state index contributed by atoms with van der Waals surface area (Å²) < 4.78 is 15.5. The summed E-state index contributed by atoms with van der Waals surface area (Å²) in [5, 5.41) is 2.81. The Morgan fingerprint density at radius 3 is 2.19 bits per heavy atom. The third-order valence-electron chi connectivity index (χ3n) is 3.73. The second-order valence-electron chi connectivity index (χ2n) is 5.34. The number of thiophene rings is 1. The van der Waals surface area contributed by atoms with Gasteiger partial charge in [-0.2, -0.15) is 0 Å². The molecule has 2 rings (SSSR count). The van der Waals surface area contributed by atoms with Gasteiger partial charge in [-0.3, -0.25) is 9.59 Å². The molecule has 0 fully saturated rings. The van der Waals surface area contributed by atoms with E-state index in [2.05, 4.69) is 5.32 Å². The van der Waals surface area contributed by atoms with Gasteiger partial charge in [0.2, 0.25) is 0 Å². The fraction of sp³-hybridized carbons (Fsp3) is 0.278. The van der Waals surface area contributed by atoms with E-state index in [0.29, 0.717) is 17.1 Å². The van der Waals surface area contributed by atoms with Gasteiger partial charge in [0.25, 0.3) is 11.8 Å². The van der Waals surface area contributed by atoms with Gasteiger partial charge in [0, 0.05) is 0 Å². The number of methoxy groups -OCH3 is 2. The second kappa shape index (κ2) is 8.54. The molecule has 1 heterocycles. The summed E-state index contributed by atoms with van der Waals surface area (Å²) in [5.74, 6) is -1.31. The van der Waals surface area contributed by atoms with Gasteiger partial charge in [0.05, 0.1) is 31.3 Å². The van der Waals surface area contributed by atoms with Crippen molar-refractivity contribution in [2.45, 2.75) is 13.8 Å². The molecule has 2 aromatic rings. The maximum absolute atomic E-state index is 12.9. The van der Waals surface area contributed by atoms with Gasteiger partial charge in [0.15, 0.2) is 0 Å². The zero-order valence-electron chi connectivity index (χ0n) is 15.4. The summed E-state index contributed by atoms with van der Waals surface area (Å²) in [6, 6.07) is 4.90. The predicted molar refractivity (Wildman–Crippen MR) is 101 cm³/mol. The summed E-state index contributed by atoms with van der Waals surface area (Å²) in [5.41, 5.74) is 5.98. The van der Waals surface area contributed by atoms with Gasteiger partial charge in [-0.15, -0.1) is 11.3 Å². The van der Waals surface area contributed by atoms with Crippen LogP contribution in [0.4, 0.5) is 5.00 Å². The molecule has 0 atom stereocenters. The van der Waals surface area contributed by atoms with Crippen molar-refractivity contribution in [1.29, 1.82) is 0 Å². The number of benzene rings is 1. The van der Waals surface area contributed by atoms with Gasteiger partial charge in [-0.25, -0.2) is 4.79 Å². The number of nitrogens with one attached hydrogen (secondary N) is 1. The van der Waals surface area contributed by atoms with Crippen LogP contribution in [0.1, 0.15) is 42.9 Å². The van der Waals surface area contributed by atoms with Gasteiger partial charge in [-0.05, 0) is 31.5 Å². The number of amides is 2. The summed E-state index contributed by atoms with van der Waals surface area (Å²) in [6.45, 7) is 3.38. The molecule has 3 N–H and O–H groups in total. The van der Waals surface area contributed by atoms with Crippen LogP contribution in [-0.2, 0) is 4.74 Å². The first-order valence-electron chi connectivity index (χ1n) is 7.98. The van der Waals surface area contributed by atoms with Crippen LogP contribution < -0.4 is 20.5 Å². The Bertz CT molecular complexity index is 868. The molecule has 0 spiro atoms. The molecule has 0 bridgehead atoms. The van der Waals surface area contributed by atoms with Crippen molar-refractivity contribution in [2.75, 3.05) is 26.1 Å². The first kappa shape index (κ1) is 20.2. The van der Waals surface area contributed by atoms with E-state index in [9.17, 15) is 14.4 Å². The third-order valence-corrected chi connectivity index (χ3v) is 4.95. The van der Waals surface area contributed by atoms with Crippen LogP contribution >= 0.6 is 11.3 Å². The summed E-state index contributed by atoms with van der Waals surface area (Å²) in [4.78, 5) is 37.0. The third kappa shape index (κ3) is 4.03. The highest BCUT2D eigenvalue weighted by Crippen LogP contribution is 2.35. The fourth-order valence-corrected chi connectivity index (χ4v) is 3.57. The van der Waals surface area contributed by atoms with E-state index in [4.69, 9.17) is 19.9 Å². The molecule has 8 nitrogen and oxygen atoms in total. The molecule has 0 saturated carbocycles. The number of primary amides is 1. The smallest absolute Gasteiger partial charge is 0.341 e. The minimum absolute atomic E-state index is 0.0952. The summed E-state index contributed by atoms with van der Waals surface area (Å²) in [7, 11) is 2.85. The van der Waals surface area contributed by atoms with Gasteiger partial charge in [-0.1, -0.05) is 6.07 Å². The van der Waals surface area contributed by atoms with Crippen molar-refractivity contribution in [3.8, 4) is 11.5 Å². The number of nitrogens with two attached hydrogens (primary N) is 1. The summed E-state index contributed by atoms with van der Waals surface area (Å²) in [6.07, 6.45) is 0. The van der Waals surface area contributed by atoms with Gasteiger partial charge < -0.3 is 25.3 Å². The molecule has 1 aromatic heterocycles. The monoisotopic (exact) mass is 392 g/mol. The molecule has 144 valence electrons. The summed E-state index contributed by atoms with van der Waals surface area (Å²) >= 11 is 0.909. The number of esters is 1. The lowest BCUT2D eigenvalue weighted by molar-refractivity contribution is 0.0527. The van der Waals surface area contributed by atoms with Crippen molar-refractivity contribution in [1.82, 2.24) is 0 Å². The molecule has 9 heteroatoms. The molecule has 0 saturated heterocycles. The molecule has 27 heavy (non-hydrogen) atoms. The number of carbonyl (C=O) groups excluding carboxylic acids is 3. The van der Waals surface area contributed by atoms with E-state index in [1.807, 2.05) is 0 Å². The Morgan fingerprint density at radius 1 is 1.11 bits per heavy atom. The first-order valence-corrected chi connectivity index (χ1v) is 8.79. The number of hydrogen-bond acceptors (Lipinski definition) is 7. The van der Waals surface area contributed by atoms with Crippen LogP contribution in [0.15, 0.2) is 18.2 Å². The maximum atomic E-state index is 12.9. The van der Waals surface area contributed by atoms with E-state index in [1.165, 1.54) is 14.2 Å². The Morgan fingerprint density at radius 2 is 1.70 bits per heavy atom. The lowest BCUT2D eigenvalue weighted by atomic mass is 10.1. The molecular formula is C18H20N2O6S. The fourth-order valence-electron chi connectivity index (χ4n) is 2.53. The molecular weight excluding hydrogens is 372 g/mol. The highest BCUT2D eigenvalue weighted by atomic mass is 32.1. The lowest BCUT2D eigenvalue weighted by Crippen LogP contribution is -2.16. The van der Waals surface area contributed by atoms with Crippen LogP contribution in [-0.4, -0.2) is 38.6 Å². The van der Waals surface area contributed by atoms with E-state index in [0.717, 1.165) is 11.3 Å². The first-order chi connectivity index (χ1) is 12.8. The molecule has 0 unspecified atom stereocenters. The molecule has 0 aliphatic carbocycles. The Labute approximate surface area is 160 Å². The van der Waals surface area contributed by atoms with Crippen molar-refractivity contribution < 1.29 is 28.6 Å². The normalized spacial score (nSPS) is 10.2. The molecule has 0 aliphatic rings. The van der Waals surface area contributed by atoms with Crippen LogP contribution in [0.3, 0.4) is 0 Å². The topological polar surface area (TPSA) is 117 Å². The standard InChI is InChI=1S/C18H20N2O6S/c1-5-26-18(23)12-9(2)14(15(19)21)27-17(12)20-16(22)13-10(24-3)7-6-8-11(13)25-4/h6-8H,5H2,1-4H3,(H2,19,21)(H,20,22). The maximum Gasteiger partial charge on any atom is 0.341 e. The van der Waals surface area contributed by atoms with E-state index in [-0.39, 0.29) is 27.6 Å². The lowest BCUT2D eigenvalue weighted by Gasteiger charge is -2.13. The van der Waals surface area contributed by atoms with Crippen LogP contribution in [0, 0.1) is 6.92 Å². The Hall–Kier alpha value is -3.07. The van der Waals surface area contributed by atoms with Crippen molar-refractivity contribution in [2.24, 2.45) is 5.73 Å². The van der Waals surface area contributed by atoms with Crippen LogP contribution in [0.25, 0.3) is 0 Å².